The standard InChI is InChI=1S/C11H3Cl2F9N2/c12-3-1-5-6(2-4(3)13)24-7(23-5)8(14,15)9(16,17)10(18,19)11(20,21)22/h1-2H,(H,23,24). The Labute approximate surface area is 136 Å². The van der Waals surface area contributed by atoms with E-state index in [1.54, 1.807) is 4.98 Å². The highest BCUT2D eigenvalue weighted by Gasteiger charge is 2.82. The van der Waals surface area contributed by atoms with E-state index in [0.717, 1.165) is 12.1 Å². The zero-order valence-corrected chi connectivity index (χ0v) is 12.3. The largest absolute Gasteiger partial charge is 0.460 e. The molecule has 2 nitrogen and oxygen atoms in total. The molecule has 0 saturated carbocycles. The molecule has 0 radical (unpaired) electrons. The molecule has 0 saturated heterocycles. The summed E-state index contributed by atoms with van der Waals surface area (Å²) in [6.45, 7) is 0. The van der Waals surface area contributed by atoms with Crippen LogP contribution in [0.5, 0.6) is 0 Å². The molecule has 0 aliphatic carbocycles. The number of alkyl halides is 9. The third-order valence-electron chi connectivity index (χ3n) is 2.97. The fourth-order valence-corrected chi connectivity index (χ4v) is 2.00. The number of fused-ring (bicyclic) bond motifs is 1. The van der Waals surface area contributed by atoms with Crippen LogP contribution in [-0.2, 0) is 5.92 Å². The Hall–Kier alpha value is -1.36. The molecule has 0 bridgehead atoms. The van der Waals surface area contributed by atoms with Gasteiger partial charge < -0.3 is 4.98 Å². The van der Waals surface area contributed by atoms with Crippen LogP contribution in [0.2, 0.25) is 10.0 Å². The van der Waals surface area contributed by atoms with Crippen molar-refractivity contribution in [1.29, 1.82) is 0 Å². The molecular weight excluding hydrogens is 402 g/mol. The summed E-state index contributed by atoms with van der Waals surface area (Å²) in [7, 11) is 0. The van der Waals surface area contributed by atoms with Gasteiger partial charge in [-0.2, -0.15) is 39.5 Å². The molecular formula is C11H3Cl2F9N2. The number of benzene rings is 1. The van der Waals surface area contributed by atoms with Crippen molar-refractivity contribution in [1.82, 2.24) is 9.97 Å². The molecule has 0 atom stereocenters. The SMILES string of the molecule is FC(F)(F)C(F)(F)C(F)(F)C(F)(F)c1nc2cc(Cl)c(Cl)cc2[nH]1. The van der Waals surface area contributed by atoms with Crippen molar-refractivity contribution in [2.24, 2.45) is 0 Å². The van der Waals surface area contributed by atoms with Crippen molar-refractivity contribution in [2.45, 2.75) is 23.9 Å². The zero-order chi connectivity index (χ0) is 18.7. The van der Waals surface area contributed by atoms with Gasteiger partial charge in [0.05, 0.1) is 21.1 Å². The molecule has 1 heterocycles. The molecule has 24 heavy (non-hydrogen) atoms. The van der Waals surface area contributed by atoms with Crippen molar-refractivity contribution in [3.05, 3.63) is 28.0 Å². The van der Waals surface area contributed by atoms with Gasteiger partial charge in [-0.25, -0.2) is 4.98 Å². The molecule has 0 unspecified atom stereocenters. The minimum absolute atomic E-state index is 0.213. The fourth-order valence-electron chi connectivity index (χ4n) is 1.68. The van der Waals surface area contributed by atoms with Crippen molar-refractivity contribution in [2.75, 3.05) is 0 Å². The van der Waals surface area contributed by atoms with Crippen LogP contribution >= 0.6 is 23.2 Å². The highest BCUT2D eigenvalue weighted by atomic mass is 35.5. The predicted molar refractivity (Wildman–Crippen MR) is 66.0 cm³/mol. The summed E-state index contributed by atoms with van der Waals surface area (Å²) in [6.07, 6.45) is -6.90. The van der Waals surface area contributed by atoms with Gasteiger partial charge in [-0.1, -0.05) is 23.2 Å². The monoisotopic (exact) mass is 404 g/mol. The van der Waals surface area contributed by atoms with Gasteiger partial charge in [-0.15, -0.1) is 0 Å². The van der Waals surface area contributed by atoms with Gasteiger partial charge in [-0.3, -0.25) is 0 Å². The molecule has 134 valence electrons. The highest BCUT2D eigenvalue weighted by Crippen LogP contribution is 2.56. The fraction of sp³-hybridized carbons (Fsp3) is 0.364. The van der Waals surface area contributed by atoms with E-state index in [2.05, 4.69) is 4.98 Å². The lowest BCUT2D eigenvalue weighted by atomic mass is 10.0. The van der Waals surface area contributed by atoms with Gasteiger partial charge in [-0.05, 0) is 12.1 Å². The number of hydrogen-bond donors (Lipinski definition) is 1. The van der Waals surface area contributed by atoms with E-state index in [9.17, 15) is 39.5 Å². The maximum Gasteiger partial charge on any atom is 0.460 e. The second-order valence-electron chi connectivity index (χ2n) is 4.59. The number of nitrogens with zero attached hydrogens (tertiary/aromatic N) is 1. The maximum atomic E-state index is 13.7. The lowest BCUT2D eigenvalue weighted by Crippen LogP contribution is -2.59. The van der Waals surface area contributed by atoms with E-state index in [1.165, 1.54) is 0 Å². The number of hydrogen-bond acceptors (Lipinski definition) is 1. The van der Waals surface area contributed by atoms with Gasteiger partial charge >= 0.3 is 23.9 Å². The first-order valence-electron chi connectivity index (χ1n) is 5.68. The smallest absolute Gasteiger partial charge is 0.337 e. The Balaban J connectivity index is 2.61. The molecule has 0 aliphatic heterocycles. The number of H-pyrrole nitrogens is 1. The average Bonchev–Trinajstić information content (AvgIpc) is 2.81. The molecule has 0 fully saturated rings. The maximum absolute atomic E-state index is 13.7. The van der Waals surface area contributed by atoms with E-state index < -0.39 is 40.8 Å². The quantitative estimate of drug-likeness (QED) is 0.644. The molecule has 1 aromatic carbocycles. The van der Waals surface area contributed by atoms with Crippen LogP contribution in [0.15, 0.2) is 12.1 Å². The van der Waals surface area contributed by atoms with Crippen molar-refractivity contribution in [3.63, 3.8) is 0 Å². The van der Waals surface area contributed by atoms with Gasteiger partial charge in [0.2, 0.25) is 0 Å². The number of nitrogens with one attached hydrogen (secondary N) is 1. The summed E-state index contributed by atoms with van der Waals surface area (Å²) in [5, 5.41) is -0.437. The Morgan fingerprint density at radius 3 is 1.79 bits per heavy atom. The summed E-state index contributed by atoms with van der Waals surface area (Å²) in [6, 6.07) is 1.71. The number of halogens is 11. The molecule has 1 N–H and O–H groups in total. The van der Waals surface area contributed by atoms with Crippen LogP contribution in [0.1, 0.15) is 5.82 Å². The number of imidazole rings is 1. The van der Waals surface area contributed by atoms with Crippen molar-refractivity contribution in [3.8, 4) is 0 Å². The molecule has 13 heteroatoms. The number of aromatic amines is 1. The molecule has 2 rings (SSSR count). The number of aromatic nitrogens is 2. The van der Waals surface area contributed by atoms with Gasteiger partial charge in [0.15, 0.2) is 5.82 Å². The first-order valence-corrected chi connectivity index (χ1v) is 6.44. The molecule has 1 aromatic heterocycles. The Morgan fingerprint density at radius 1 is 0.792 bits per heavy atom. The molecule has 0 aliphatic rings. The predicted octanol–water partition coefficient (Wildman–Crippen LogP) is 5.79. The van der Waals surface area contributed by atoms with Crippen LogP contribution in [0.4, 0.5) is 39.5 Å². The van der Waals surface area contributed by atoms with Gasteiger partial charge in [0.1, 0.15) is 0 Å². The number of rotatable bonds is 3. The van der Waals surface area contributed by atoms with Crippen LogP contribution < -0.4 is 0 Å². The van der Waals surface area contributed by atoms with E-state index in [-0.39, 0.29) is 10.0 Å². The lowest BCUT2D eigenvalue weighted by Gasteiger charge is -2.32. The minimum atomic E-state index is -7.00. The second kappa shape index (κ2) is 5.32. The van der Waals surface area contributed by atoms with E-state index >= 15 is 0 Å². The third kappa shape index (κ3) is 2.57. The molecule has 0 amide bonds. The minimum Gasteiger partial charge on any atom is -0.337 e. The summed E-state index contributed by atoms with van der Waals surface area (Å²) in [5.74, 6) is -21.9. The third-order valence-corrected chi connectivity index (χ3v) is 3.69. The topological polar surface area (TPSA) is 28.7 Å². The Kier molecular flexibility index (Phi) is 4.20. The Bertz CT molecular complexity index is 743. The zero-order valence-electron chi connectivity index (χ0n) is 10.8. The van der Waals surface area contributed by atoms with E-state index in [4.69, 9.17) is 23.2 Å². The van der Waals surface area contributed by atoms with E-state index in [1.807, 2.05) is 0 Å². The van der Waals surface area contributed by atoms with Gasteiger partial charge in [0.25, 0.3) is 0 Å². The van der Waals surface area contributed by atoms with Crippen LogP contribution in [0.25, 0.3) is 11.0 Å². The Morgan fingerprint density at radius 2 is 1.29 bits per heavy atom. The molecule has 2 aromatic rings. The summed E-state index contributed by atoms with van der Waals surface area (Å²) in [5.41, 5.74) is -0.893. The van der Waals surface area contributed by atoms with Crippen LogP contribution in [0, 0.1) is 0 Å². The first kappa shape index (κ1) is 19.0. The highest BCUT2D eigenvalue weighted by molar-refractivity contribution is 6.42. The van der Waals surface area contributed by atoms with Crippen LogP contribution in [-0.4, -0.2) is 28.0 Å². The normalized spacial score (nSPS) is 14.5. The van der Waals surface area contributed by atoms with Crippen molar-refractivity contribution < 1.29 is 39.5 Å². The molecule has 0 spiro atoms. The second-order valence-corrected chi connectivity index (χ2v) is 5.40. The average molecular weight is 405 g/mol. The summed E-state index contributed by atoms with van der Waals surface area (Å²) in [4.78, 5) is 4.47. The van der Waals surface area contributed by atoms with Crippen LogP contribution in [0.3, 0.4) is 0 Å². The van der Waals surface area contributed by atoms with E-state index in [0.29, 0.717) is 0 Å². The van der Waals surface area contributed by atoms with Crippen molar-refractivity contribution >= 4 is 34.2 Å². The summed E-state index contributed by atoms with van der Waals surface area (Å²) >= 11 is 11.1. The van der Waals surface area contributed by atoms with Gasteiger partial charge in [0, 0.05) is 0 Å². The first-order chi connectivity index (χ1) is 10.6. The summed E-state index contributed by atoms with van der Waals surface area (Å²) < 4.78 is 116. The lowest BCUT2D eigenvalue weighted by molar-refractivity contribution is -0.400.